The molecule has 1 N–H and O–H groups in total. The average molecular weight is 428 g/mol. The zero-order valence-corrected chi connectivity index (χ0v) is 17.7. The van der Waals surface area contributed by atoms with E-state index in [1.54, 1.807) is 30.5 Å². The third kappa shape index (κ3) is 5.76. The average Bonchev–Trinajstić information content (AvgIpc) is 3.36. The molecule has 162 valence electrons. The number of piperazine rings is 1. The highest BCUT2D eigenvalue weighted by Crippen LogP contribution is 2.20. The van der Waals surface area contributed by atoms with Gasteiger partial charge >= 0.3 is 0 Å². The maximum atomic E-state index is 12.5. The first kappa shape index (κ1) is 21.2. The normalized spacial score (nSPS) is 14.2. The minimum atomic E-state index is -0.218. The van der Waals surface area contributed by atoms with Gasteiger partial charge in [-0.2, -0.15) is 0 Å². The van der Waals surface area contributed by atoms with Crippen molar-refractivity contribution in [2.75, 3.05) is 36.4 Å². The second-order valence-electron chi connectivity index (χ2n) is 7.44. The van der Waals surface area contributed by atoms with Gasteiger partial charge in [0.25, 0.3) is 0 Å². The van der Waals surface area contributed by atoms with E-state index in [9.17, 15) is 9.59 Å². The largest absolute Gasteiger partial charge is 0.465 e. The summed E-state index contributed by atoms with van der Waals surface area (Å²) in [5, 5.41) is 2.84. The first-order valence-electron chi connectivity index (χ1n) is 10.6. The number of furan rings is 1. The molecule has 2 amide bonds. The summed E-state index contributed by atoms with van der Waals surface area (Å²) in [4.78, 5) is 28.6. The van der Waals surface area contributed by atoms with Crippen molar-refractivity contribution in [3.8, 4) is 0 Å². The number of carbonyl (C=O) groups excluding carboxylic acids is 2. The van der Waals surface area contributed by atoms with Crippen molar-refractivity contribution in [3.63, 3.8) is 0 Å². The number of nitrogens with zero attached hydrogens (tertiary/aromatic N) is 2. The van der Waals surface area contributed by atoms with Gasteiger partial charge in [0.2, 0.25) is 11.8 Å². The Kier molecular flexibility index (Phi) is 6.82. The van der Waals surface area contributed by atoms with Crippen LogP contribution in [0.4, 0.5) is 11.4 Å². The van der Waals surface area contributed by atoms with E-state index < -0.39 is 0 Å². The Labute approximate surface area is 187 Å². The van der Waals surface area contributed by atoms with Crippen molar-refractivity contribution >= 4 is 35.3 Å². The molecule has 0 bridgehead atoms. The molecule has 0 radical (unpaired) electrons. The molecule has 0 saturated carbocycles. The number of rotatable bonds is 6. The molecule has 1 aromatic heterocycles. The molecule has 3 aromatic rings. The van der Waals surface area contributed by atoms with Crippen LogP contribution in [0.1, 0.15) is 11.3 Å². The smallest absolute Gasteiger partial charge is 0.248 e. The summed E-state index contributed by atoms with van der Waals surface area (Å²) in [7, 11) is 0. The molecular weight excluding hydrogens is 402 g/mol. The molecule has 0 aliphatic carbocycles. The van der Waals surface area contributed by atoms with Gasteiger partial charge in [0.05, 0.1) is 6.26 Å². The molecule has 2 aromatic carbocycles. The minimum Gasteiger partial charge on any atom is -0.465 e. The van der Waals surface area contributed by atoms with Crippen molar-refractivity contribution in [2.45, 2.75) is 0 Å². The molecule has 0 spiro atoms. The predicted octanol–water partition coefficient (Wildman–Crippen LogP) is 4.29. The van der Waals surface area contributed by atoms with E-state index in [2.05, 4.69) is 10.2 Å². The van der Waals surface area contributed by atoms with Crippen LogP contribution in [0.25, 0.3) is 12.2 Å². The number of benzene rings is 2. The Hall–Kier alpha value is -4.06. The van der Waals surface area contributed by atoms with E-state index in [0.717, 1.165) is 30.0 Å². The van der Waals surface area contributed by atoms with Gasteiger partial charge in [-0.15, -0.1) is 0 Å². The maximum Gasteiger partial charge on any atom is 0.248 e. The summed E-state index contributed by atoms with van der Waals surface area (Å²) in [6.45, 7) is 2.88. The second kappa shape index (κ2) is 10.3. The SMILES string of the molecule is O=C(/C=C/c1ccco1)Nc1ccc(N2CCN(C(=O)/C=C/c3ccccc3)CC2)cc1. The van der Waals surface area contributed by atoms with Gasteiger partial charge in [-0.05, 0) is 54.1 Å². The lowest BCUT2D eigenvalue weighted by atomic mass is 10.2. The maximum absolute atomic E-state index is 12.5. The Morgan fingerprint density at radius 2 is 1.56 bits per heavy atom. The van der Waals surface area contributed by atoms with E-state index in [4.69, 9.17) is 4.42 Å². The van der Waals surface area contributed by atoms with E-state index in [1.807, 2.05) is 65.6 Å². The van der Waals surface area contributed by atoms with E-state index in [1.165, 1.54) is 6.08 Å². The quantitative estimate of drug-likeness (QED) is 0.596. The number of amides is 2. The highest BCUT2D eigenvalue weighted by Gasteiger charge is 2.19. The lowest BCUT2D eigenvalue weighted by Crippen LogP contribution is -2.48. The fourth-order valence-electron chi connectivity index (χ4n) is 3.51. The van der Waals surface area contributed by atoms with Crippen LogP contribution in [-0.2, 0) is 9.59 Å². The Bertz CT molecular complexity index is 1080. The first-order chi connectivity index (χ1) is 15.7. The molecule has 6 heteroatoms. The molecule has 0 atom stereocenters. The fraction of sp³-hybridized carbons (Fsp3) is 0.154. The van der Waals surface area contributed by atoms with Crippen LogP contribution in [0.15, 0.2) is 89.6 Å². The van der Waals surface area contributed by atoms with Crippen LogP contribution in [0.3, 0.4) is 0 Å². The van der Waals surface area contributed by atoms with Crippen LogP contribution >= 0.6 is 0 Å². The molecule has 1 aliphatic heterocycles. The lowest BCUT2D eigenvalue weighted by Gasteiger charge is -2.35. The van der Waals surface area contributed by atoms with E-state index in [0.29, 0.717) is 18.8 Å². The van der Waals surface area contributed by atoms with Crippen LogP contribution in [0.2, 0.25) is 0 Å². The van der Waals surface area contributed by atoms with Gasteiger partial charge in [0, 0.05) is 49.7 Å². The van der Waals surface area contributed by atoms with Crippen LogP contribution < -0.4 is 10.2 Å². The third-order valence-electron chi connectivity index (χ3n) is 5.25. The van der Waals surface area contributed by atoms with Crippen LogP contribution in [0.5, 0.6) is 0 Å². The fourth-order valence-corrected chi connectivity index (χ4v) is 3.51. The van der Waals surface area contributed by atoms with E-state index in [-0.39, 0.29) is 11.8 Å². The molecular formula is C26H25N3O3. The zero-order valence-electron chi connectivity index (χ0n) is 17.7. The first-order valence-corrected chi connectivity index (χ1v) is 10.6. The van der Waals surface area contributed by atoms with Crippen LogP contribution in [-0.4, -0.2) is 42.9 Å². The van der Waals surface area contributed by atoms with Gasteiger partial charge in [-0.3, -0.25) is 9.59 Å². The molecule has 2 heterocycles. The summed E-state index contributed by atoms with van der Waals surface area (Å²) in [6, 6.07) is 21.1. The topological polar surface area (TPSA) is 65.8 Å². The number of hydrogen-bond donors (Lipinski definition) is 1. The molecule has 6 nitrogen and oxygen atoms in total. The van der Waals surface area contributed by atoms with Gasteiger partial charge in [-0.25, -0.2) is 0 Å². The molecule has 4 rings (SSSR count). The van der Waals surface area contributed by atoms with Crippen molar-refractivity contribution < 1.29 is 14.0 Å². The Morgan fingerprint density at radius 1 is 0.812 bits per heavy atom. The molecule has 0 unspecified atom stereocenters. The van der Waals surface area contributed by atoms with Gasteiger partial charge in [-0.1, -0.05) is 30.3 Å². The van der Waals surface area contributed by atoms with Crippen molar-refractivity contribution in [3.05, 3.63) is 96.5 Å². The summed E-state index contributed by atoms with van der Waals surface area (Å²) >= 11 is 0. The highest BCUT2D eigenvalue weighted by molar-refractivity contribution is 6.01. The highest BCUT2D eigenvalue weighted by atomic mass is 16.3. The molecule has 1 fully saturated rings. The van der Waals surface area contributed by atoms with Crippen molar-refractivity contribution in [1.82, 2.24) is 4.90 Å². The summed E-state index contributed by atoms with van der Waals surface area (Å²) in [5.41, 5.74) is 2.81. The van der Waals surface area contributed by atoms with Crippen molar-refractivity contribution in [1.29, 1.82) is 0 Å². The summed E-state index contributed by atoms with van der Waals surface area (Å²) in [5.74, 6) is 0.447. The minimum absolute atomic E-state index is 0.0363. The molecule has 32 heavy (non-hydrogen) atoms. The monoisotopic (exact) mass is 427 g/mol. The summed E-state index contributed by atoms with van der Waals surface area (Å²) in [6.07, 6.45) is 8.12. The lowest BCUT2D eigenvalue weighted by molar-refractivity contribution is -0.126. The van der Waals surface area contributed by atoms with Gasteiger partial charge < -0.3 is 19.5 Å². The van der Waals surface area contributed by atoms with Crippen molar-refractivity contribution in [2.24, 2.45) is 0 Å². The predicted molar refractivity (Wildman–Crippen MR) is 127 cm³/mol. The van der Waals surface area contributed by atoms with Crippen LogP contribution in [0, 0.1) is 0 Å². The molecule has 1 aliphatic rings. The number of carbonyl (C=O) groups is 2. The zero-order chi connectivity index (χ0) is 22.2. The number of nitrogens with one attached hydrogen (secondary N) is 1. The molecule has 1 saturated heterocycles. The Balaban J connectivity index is 1.26. The van der Waals surface area contributed by atoms with Gasteiger partial charge in [0.1, 0.15) is 5.76 Å². The third-order valence-corrected chi connectivity index (χ3v) is 5.25. The number of hydrogen-bond acceptors (Lipinski definition) is 4. The Morgan fingerprint density at radius 3 is 2.25 bits per heavy atom. The standard InChI is InChI=1S/C26H25N3O3/c30-25(14-13-24-7-4-20-32-24)27-22-9-11-23(12-10-22)28-16-18-29(19-17-28)26(31)15-8-21-5-2-1-3-6-21/h1-15,20H,16-19H2,(H,27,30)/b14-13+,15-8+. The summed E-state index contributed by atoms with van der Waals surface area (Å²) < 4.78 is 5.17. The van der Waals surface area contributed by atoms with Gasteiger partial charge in [0.15, 0.2) is 0 Å². The van der Waals surface area contributed by atoms with E-state index >= 15 is 0 Å². The second-order valence-corrected chi connectivity index (χ2v) is 7.44. The number of anilines is 2.